The van der Waals surface area contributed by atoms with Gasteiger partial charge in [-0.3, -0.25) is 9.78 Å². The van der Waals surface area contributed by atoms with Gasteiger partial charge in [-0.2, -0.15) is 9.40 Å². The lowest BCUT2D eigenvalue weighted by Gasteiger charge is -2.42. The molecule has 2 aliphatic rings. The first kappa shape index (κ1) is 26.1. The van der Waals surface area contributed by atoms with Gasteiger partial charge in [-0.1, -0.05) is 11.6 Å². The van der Waals surface area contributed by atoms with Crippen molar-refractivity contribution >= 4 is 21.9 Å². The minimum Gasteiger partial charge on any atom is -0.291 e. The summed E-state index contributed by atoms with van der Waals surface area (Å²) in [5, 5.41) is 4.43. The number of Topliss-reactive ketones (excluding diaryl/α,β-unsaturated/α-hetero) is 1. The molecule has 0 spiro atoms. The lowest BCUT2D eigenvalue weighted by atomic mass is 9.76. The average molecular weight is 569 g/mol. The molecule has 6 rings (SSSR count). The highest BCUT2D eigenvalue weighted by Crippen LogP contribution is 2.41. The first-order chi connectivity index (χ1) is 19.1. The molecule has 3 heterocycles. The SMILES string of the molecule is O=C(c1ccccn1)[C@@H]1C2Cc3cnn(-c4ccc(F)cc4)c3C=C2CCN1S(=O)(=O)c1cc(F)c(F)c(F)c1. The molecule has 4 aromatic rings. The van der Waals surface area contributed by atoms with E-state index in [9.17, 15) is 30.8 Å². The van der Waals surface area contributed by atoms with Crippen LogP contribution in [0.4, 0.5) is 17.6 Å². The summed E-state index contributed by atoms with van der Waals surface area (Å²) in [6.07, 6.45) is 5.31. The topological polar surface area (TPSA) is 85.2 Å². The van der Waals surface area contributed by atoms with Gasteiger partial charge >= 0.3 is 0 Å². The monoisotopic (exact) mass is 568 g/mol. The van der Waals surface area contributed by atoms with Gasteiger partial charge in [0.15, 0.2) is 23.2 Å². The number of ketones is 1. The molecule has 1 aliphatic heterocycles. The van der Waals surface area contributed by atoms with Gasteiger partial charge < -0.3 is 0 Å². The van der Waals surface area contributed by atoms with E-state index in [0.29, 0.717) is 17.8 Å². The van der Waals surface area contributed by atoms with Crippen molar-refractivity contribution in [1.29, 1.82) is 0 Å². The second-order valence-electron chi connectivity index (χ2n) is 9.56. The summed E-state index contributed by atoms with van der Waals surface area (Å²) in [4.78, 5) is 17.2. The predicted octanol–water partition coefficient (Wildman–Crippen LogP) is 4.73. The van der Waals surface area contributed by atoms with E-state index >= 15 is 0 Å². The number of benzene rings is 2. The van der Waals surface area contributed by atoms with Crippen molar-refractivity contribution in [2.24, 2.45) is 5.92 Å². The van der Waals surface area contributed by atoms with Crippen molar-refractivity contribution in [1.82, 2.24) is 19.1 Å². The maximum absolute atomic E-state index is 14.0. The lowest BCUT2D eigenvalue weighted by molar-refractivity contribution is 0.0821. The van der Waals surface area contributed by atoms with Crippen LogP contribution in [0.2, 0.25) is 0 Å². The third-order valence-electron chi connectivity index (χ3n) is 7.26. The molecule has 0 amide bonds. The van der Waals surface area contributed by atoms with E-state index in [-0.39, 0.29) is 25.1 Å². The van der Waals surface area contributed by atoms with Gasteiger partial charge in [0, 0.05) is 18.7 Å². The van der Waals surface area contributed by atoms with Gasteiger partial charge in [0.1, 0.15) is 11.5 Å². The number of aromatic nitrogens is 3. The number of fused-ring (bicyclic) bond motifs is 2. The highest BCUT2D eigenvalue weighted by molar-refractivity contribution is 7.89. The van der Waals surface area contributed by atoms with E-state index in [1.165, 1.54) is 24.4 Å². The molecule has 2 atom stereocenters. The van der Waals surface area contributed by atoms with E-state index in [1.807, 2.05) is 6.08 Å². The highest BCUT2D eigenvalue weighted by Gasteiger charge is 2.47. The molecule has 204 valence electrons. The molecule has 0 bridgehead atoms. The quantitative estimate of drug-likeness (QED) is 0.198. The van der Waals surface area contributed by atoms with Crippen LogP contribution in [0.1, 0.15) is 28.2 Å². The number of rotatable bonds is 5. The second kappa shape index (κ2) is 9.79. The first-order valence-corrected chi connectivity index (χ1v) is 13.7. The second-order valence-corrected chi connectivity index (χ2v) is 11.5. The highest BCUT2D eigenvalue weighted by atomic mass is 32.2. The van der Waals surface area contributed by atoms with Crippen molar-refractivity contribution in [3.05, 3.63) is 113 Å². The van der Waals surface area contributed by atoms with Crippen LogP contribution in [0.15, 0.2) is 77.5 Å². The Bertz CT molecular complexity index is 1750. The summed E-state index contributed by atoms with van der Waals surface area (Å²) in [7, 11) is -4.64. The fourth-order valence-corrected chi connectivity index (χ4v) is 7.00. The fourth-order valence-electron chi connectivity index (χ4n) is 5.35. The number of halogens is 4. The minimum absolute atomic E-state index is 0.0261. The lowest BCUT2D eigenvalue weighted by Crippen LogP contribution is -2.54. The molecule has 12 heteroatoms. The van der Waals surface area contributed by atoms with Crippen molar-refractivity contribution in [3.8, 4) is 5.69 Å². The molecular weight excluding hydrogens is 548 g/mol. The molecule has 0 radical (unpaired) electrons. The number of carbonyl (C=O) groups excluding carboxylic acids is 1. The van der Waals surface area contributed by atoms with Crippen LogP contribution < -0.4 is 0 Å². The van der Waals surface area contributed by atoms with Crippen molar-refractivity contribution in [2.45, 2.75) is 23.8 Å². The van der Waals surface area contributed by atoms with Crippen molar-refractivity contribution < 1.29 is 30.8 Å². The number of hydrogen-bond donors (Lipinski definition) is 0. The molecule has 1 unspecified atom stereocenters. The van der Waals surface area contributed by atoms with Crippen LogP contribution in [0.5, 0.6) is 0 Å². The normalized spacial score (nSPS) is 19.1. The van der Waals surface area contributed by atoms with Crippen LogP contribution in [0.25, 0.3) is 11.8 Å². The van der Waals surface area contributed by atoms with Crippen molar-refractivity contribution in [3.63, 3.8) is 0 Å². The summed E-state index contributed by atoms with van der Waals surface area (Å²) < 4.78 is 85.2. The average Bonchev–Trinajstić information content (AvgIpc) is 3.37. The standard InChI is InChI=1S/C28H20F4N4O3S/c29-18-4-6-19(7-5-18)36-25-12-16-8-10-35(40(38,39)20-13-22(30)26(32)23(31)14-20)27(21(16)11-17(25)15-34-36)28(37)24-3-1-2-9-33-24/h1-7,9,12-15,21,27H,8,10-11H2/t21?,27-/m0/s1. The largest absolute Gasteiger partial charge is 0.291 e. The Morgan fingerprint density at radius 2 is 1.70 bits per heavy atom. The number of sulfonamides is 1. The molecule has 2 aromatic heterocycles. The van der Waals surface area contributed by atoms with Crippen LogP contribution in [-0.2, 0) is 16.4 Å². The Labute approximate surface area is 226 Å². The third kappa shape index (κ3) is 4.33. The summed E-state index contributed by atoms with van der Waals surface area (Å²) in [6.45, 7) is -0.172. The van der Waals surface area contributed by atoms with Gasteiger partial charge in [-0.25, -0.2) is 30.7 Å². The predicted molar refractivity (Wildman–Crippen MR) is 136 cm³/mol. The fraction of sp³-hybridized carbons (Fsp3) is 0.179. The van der Waals surface area contributed by atoms with Gasteiger partial charge in [-0.05, 0) is 73.0 Å². The van der Waals surface area contributed by atoms with Crippen LogP contribution in [-0.4, -0.2) is 45.9 Å². The molecule has 1 aliphatic carbocycles. The first-order valence-electron chi connectivity index (χ1n) is 12.3. The molecule has 0 saturated carbocycles. The Morgan fingerprint density at radius 1 is 0.975 bits per heavy atom. The minimum atomic E-state index is -4.64. The summed E-state index contributed by atoms with van der Waals surface area (Å²) >= 11 is 0. The van der Waals surface area contributed by atoms with E-state index in [0.717, 1.165) is 21.1 Å². The van der Waals surface area contributed by atoms with Gasteiger partial charge in [0.2, 0.25) is 10.0 Å². The molecule has 1 saturated heterocycles. The van der Waals surface area contributed by atoms with Gasteiger partial charge in [-0.15, -0.1) is 0 Å². The van der Waals surface area contributed by atoms with Crippen LogP contribution in [0, 0.1) is 29.2 Å². The Balaban J connectivity index is 1.44. The van der Waals surface area contributed by atoms with E-state index < -0.39 is 55.9 Å². The van der Waals surface area contributed by atoms with E-state index in [1.54, 1.807) is 35.1 Å². The number of pyridine rings is 1. The molecule has 40 heavy (non-hydrogen) atoms. The maximum Gasteiger partial charge on any atom is 0.243 e. The smallest absolute Gasteiger partial charge is 0.243 e. The molecule has 2 aromatic carbocycles. The molecule has 7 nitrogen and oxygen atoms in total. The number of piperidine rings is 1. The summed E-state index contributed by atoms with van der Waals surface area (Å²) in [5.74, 6) is -6.71. The van der Waals surface area contributed by atoms with Crippen LogP contribution in [0.3, 0.4) is 0 Å². The zero-order chi connectivity index (χ0) is 28.2. The molecule has 0 N–H and O–H groups in total. The number of carbonyl (C=O) groups is 1. The van der Waals surface area contributed by atoms with Gasteiger partial charge in [0.05, 0.1) is 28.5 Å². The van der Waals surface area contributed by atoms with E-state index in [2.05, 4.69) is 10.1 Å². The summed E-state index contributed by atoms with van der Waals surface area (Å²) in [5.41, 5.74) is 2.89. The molecule has 1 fully saturated rings. The Kier molecular flexibility index (Phi) is 6.38. The molecular formula is C28H20F4N4O3S. The Morgan fingerprint density at radius 3 is 2.38 bits per heavy atom. The third-order valence-corrected chi connectivity index (χ3v) is 9.12. The summed E-state index contributed by atoms with van der Waals surface area (Å²) in [6, 6.07) is 9.98. The maximum atomic E-state index is 14.0. The van der Waals surface area contributed by atoms with Crippen LogP contribution >= 0.6 is 0 Å². The number of hydrogen-bond acceptors (Lipinski definition) is 5. The number of nitrogens with zero attached hydrogens (tertiary/aromatic N) is 4. The van der Waals surface area contributed by atoms with E-state index in [4.69, 9.17) is 0 Å². The van der Waals surface area contributed by atoms with Gasteiger partial charge in [0.25, 0.3) is 0 Å². The Hall–Kier alpha value is -4.16. The van der Waals surface area contributed by atoms with Crippen molar-refractivity contribution in [2.75, 3.05) is 6.54 Å². The zero-order valence-corrected chi connectivity index (χ0v) is 21.5. The zero-order valence-electron chi connectivity index (χ0n) is 20.6.